The van der Waals surface area contributed by atoms with Crippen molar-refractivity contribution in [3.63, 3.8) is 0 Å². The van der Waals surface area contributed by atoms with Crippen molar-refractivity contribution in [2.24, 2.45) is 7.05 Å². The zero-order valence-electron chi connectivity index (χ0n) is 10.5. The van der Waals surface area contributed by atoms with Gasteiger partial charge in [-0.15, -0.1) is 0 Å². The average molecular weight is 232 g/mol. The van der Waals surface area contributed by atoms with Gasteiger partial charge in [0.2, 0.25) is 0 Å². The highest BCUT2D eigenvalue weighted by Gasteiger charge is 2.22. The molecule has 4 heteroatoms. The van der Waals surface area contributed by atoms with E-state index in [2.05, 4.69) is 20.5 Å². The summed E-state index contributed by atoms with van der Waals surface area (Å²) in [7, 11) is 2.02. The molecule has 0 N–H and O–H groups in total. The lowest BCUT2D eigenvalue weighted by Gasteiger charge is -2.25. The summed E-state index contributed by atoms with van der Waals surface area (Å²) in [6.45, 7) is 1.50. The van der Waals surface area contributed by atoms with E-state index in [1.165, 1.54) is 25.7 Å². The predicted molar refractivity (Wildman–Crippen MR) is 66.4 cm³/mol. The molecule has 1 saturated carbocycles. The van der Waals surface area contributed by atoms with Crippen molar-refractivity contribution in [1.82, 2.24) is 14.5 Å². The molecule has 92 valence electrons. The maximum absolute atomic E-state index is 8.90. The molecule has 0 saturated heterocycles. The van der Waals surface area contributed by atoms with Crippen LogP contribution in [0, 0.1) is 11.3 Å². The minimum absolute atomic E-state index is 0.551. The van der Waals surface area contributed by atoms with Crippen LogP contribution in [0.5, 0.6) is 0 Å². The van der Waals surface area contributed by atoms with Crippen LogP contribution in [-0.2, 0) is 13.5 Å². The minimum Gasteiger partial charge on any atom is -0.338 e. The lowest BCUT2D eigenvalue weighted by atomic mass is 10.2. The van der Waals surface area contributed by atoms with Crippen LogP contribution < -0.4 is 0 Å². The fraction of sp³-hybridized carbons (Fsp3) is 0.692. The van der Waals surface area contributed by atoms with Gasteiger partial charge < -0.3 is 4.57 Å². The lowest BCUT2D eigenvalue weighted by Crippen LogP contribution is -2.35. The van der Waals surface area contributed by atoms with Crippen LogP contribution in [0.15, 0.2) is 12.4 Å². The number of hydrogen-bond donors (Lipinski definition) is 0. The fourth-order valence-corrected chi connectivity index (χ4v) is 2.63. The van der Waals surface area contributed by atoms with Crippen molar-refractivity contribution in [2.75, 3.05) is 13.1 Å². The topological polar surface area (TPSA) is 44.9 Å². The Hall–Kier alpha value is -1.34. The molecule has 2 rings (SSSR count). The molecule has 4 nitrogen and oxygen atoms in total. The van der Waals surface area contributed by atoms with Crippen LogP contribution in [0.25, 0.3) is 0 Å². The zero-order valence-corrected chi connectivity index (χ0v) is 10.5. The maximum Gasteiger partial charge on any atom is 0.109 e. The van der Waals surface area contributed by atoms with Gasteiger partial charge in [-0.1, -0.05) is 12.8 Å². The van der Waals surface area contributed by atoms with E-state index in [1.54, 1.807) is 0 Å². The predicted octanol–water partition coefficient (Wildman–Crippen LogP) is 1.73. The van der Waals surface area contributed by atoms with Crippen molar-refractivity contribution < 1.29 is 0 Å². The second-order valence-electron chi connectivity index (χ2n) is 4.77. The molecule has 1 aromatic heterocycles. The van der Waals surface area contributed by atoms with Crippen molar-refractivity contribution in [3.05, 3.63) is 18.2 Å². The van der Waals surface area contributed by atoms with Gasteiger partial charge in [0.15, 0.2) is 0 Å². The molecule has 1 aliphatic carbocycles. The number of aromatic nitrogens is 2. The fourth-order valence-electron chi connectivity index (χ4n) is 2.63. The van der Waals surface area contributed by atoms with Gasteiger partial charge >= 0.3 is 0 Å². The molecular formula is C13H20N4. The molecule has 17 heavy (non-hydrogen) atoms. The van der Waals surface area contributed by atoms with E-state index in [0.717, 1.165) is 18.8 Å². The van der Waals surface area contributed by atoms with Gasteiger partial charge in [-0.25, -0.2) is 4.98 Å². The van der Waals surface area contributed by atoms with E-state index in [0.29, 0.717) is 12.6 Å². The summed E-state index contributed by atoms with van der Waals surface area (Å²) < 4.78 is 2.05. The third-order valence-corrected chi connectivity index (χ3v) is 3.66. The average Bonchev–Trinajstić information content (AvgIpc) is 2.96. The second kappa shape index (κ2) is 5.83. The Kier molecular flexibility index (Phi) is 4.16. The summed E-state index contributed by atoms with van der Waals surface area (Å²) in [6, 6.07) is 2.91. The second-order valence-corrected chi connectivity index (χ2v) is 4.77. The van der Waals surface area contributed by atoms with Crippen LogP contribution in [0.4, 0.5) is 0 Å². The maximum atomic E-state index is 8.90. The molecule has 0 aromatic carbocycles. The van der Waals surface area contributed by atoms with Crippen molar-refractivity contribution in [3.8, 4) is 6.07 Å². The number of nitrogens with zero attached hydrogens (tertiary/aromatic N) is 4. The Bertz CT molecular complexity index is 384. The zero-order chi connectivity index (χ0) is 12.1. The molecule has 1 heterocycles. The van der Waals surface area contributed by atoms with E-state index in [9.17, 15) is 0 Å². The largest absolute Gasteiger partial charge is 0.338 e. The molecule has 1 aromatic rings. The summed E-state index contributed by atoms with van der Waals surface area (Å²) in [5, 5.41) is 8.90. The van der Waals surface area contributed by atoms with Gasteiger partial charge in [0.05, 0.1) is 12.6 Å². The van der Waals surface area contributed by atoms with E-state index < -0.39 is 0 Å². The highest BCUT2D eigenvalue weighted by molar-refractivity contribution is 4.93. The summed E-state index contributed by atoms with van der Waals surface area (Å²) >= 11 is 0. The molecule has 1 aliphatic rings. The van der Waals surface area contributed by atoms with Crippen LogP contribution in [0.2, 0.25) is 0 Å². The molecule has 0 amide bonds. The third kappa shape index (κ3) is 3.07. The van der Waals surface area contributed by atoms with Gasteiger partial charge in [-0.05, 0) is 12.8 Å². The van der Waals surface area contributed by atoms with Crippen molar-refractivity contribution in [2.45, 2.75) is 38.1 Å². The summed E-state index contributed by atoms with van der Waals surface area (Å²) in [5.74, 6) is 1.10. The molecule has 0 spiro atoms. The minimum atomic E-state index is 0.551. The number of aryl methyl sites for hydroxylation is 1. The normalized spacial score (nSPS) is 16.5. The van der Waals surface area contributed by atoms with Gasteiger partial charge in [-0.3, -0.25) is 4.90 Å². The highest BCUT2D eigenvalue weighted by Crippen LogP contribution is 2.23. The quantitative estimate of drug-likeness (QED) is 0.726. The first kappa shape index (κ1) is 12.1. The Morgan fingerprint density at radius 2 is 2.29 bits per heavy atom. The summed E-state index contributed by atoms with van der Waals surface area (Å²) in [4.78, 5) is 6.65. The molecule has 0 radical (unpaired) electrons. The molecule has 1 fully saturated rings. The SMILES string of the molecule is Cn1ccnc1CCN(CC#N)C1CCCC1. The Labute approximate surface area is 103 Å². The standard InChI is InChI=1S/C13H20N4/c1-16-11-8-15-13(16)6-9-17(10-7-14)12-4-2-3-5-12/h8,11-12H,2-6,9-10H2,1H3. The molecule has 0 bridgehead atoms. The lowest BCUT2D eigenvalue weighted by molar-refractivity contribution is 0.223. The van der Waals surface area contributed by atoms with Crippen LogP contribution in [-0.4, -0.2) is 33.6 Å². The van der Waals surface area contributed by atoms with Gasteiger partial charge in [0, 0.05) is 38.4 Å². The van der Waals surface area contributed by atoms with E-state index >= 15 is 0 Å². The number of hydrogen-bond acceptors (Lipinski definition) is 3. The third-order valence-electron chi connectivity index (χ3n) is 3.66. The highest BCUT2D eigenvalue weighted by atomic mass is 15.2. The Morgan fingerprint density at radius 1 is 1.53 bits per heavy atom. The van der Waals surface area contributed by atoms with Gasteiger partial charge in [-0.2, -0.15) is 5.26 Å². The number of imidazole rings is 1. The van der Waals surface area contributed by atoms with E-state index in [4.69, 9.17) is 5.26 Å². The molecular weight excluding hydrogens is 212 g/mol. The number of rotatable bonds is 5. The monoisotopic (exact) mass is 232 g/mol. The first-order valence-electron chi connectivity index (χ1n) is 6.38. The van der Waals surface area contributed by atoms with Crippen LogP contribution in [0.3, 0.4) is 0 Å². The van der Waals surface area contributed by atoms with Crippen LogP contribution in [0.1, 0.15) is 31.5 Å². The summed E-state index contributed by atoms with van der Waals surface area (Å²) in [5.41, 5.74) is 0. The van der Waals surface area contributed by atoms with Gasteiger partial charge in [0.25, 0.3) is 0 Å². The first-order valence-corrected chi connectivity index (χ1v) is 6.38. The first-order chi connectivity index (χ1) is 8.31. The molecule has 0 atom stereocenters. The van der Waals surface area contributed by atoms with Gasteiger partial charge in [0.1, 0.15) is 5.82 Å². The number of nitriles is 1. The Morgan fingerprint density at radius 3 is 2.88 bits per heavy atom. The van der Waals surface area contributed by atoms with E-state index in [-0.39, 0.29) is 0 Å². The van der Waals surface area contributed by atoms with Crippen molar-refractivity contribution >= 4 is 0 Å². The van der Waals surface area contributed by atoms with Crippen molar-refractivity contribution in [1.29, 1.82) is 5.26 Å². The van der Waals surface area contributed by atoms with Crippen LogP contribution >= 0.6 is 0 Å². The Balaban J connectivity index is 1.89. The molecule has 0 aliphatic heterocycles. The molecule has 0 unspecified atom stereocenters. The smallest absolute Gasteiger partial charge is 0.109 e. The van der Waals surface area contributed by atoms with E-state index in [1.807, 2.05) is 19.4 Å². The summed E-state index contributed by atoms with van der Waals surface area (Å²) in [6.07, 6.45) is 9.87.